The fourth-order valence-corrected chi connectivity index (χ4v) is 3.94. The number of nitrogens with zero attached hydrogens (tertiary/aromatic N) is 1. The van der Waals surface area contributed by atoms with E-state index in [9.17, 15) is 9.59 Å². The lowest BCUT2D eigenvalue weighted by atomic mass is 9.88. The van der Waals surface area contributed by atoms with Gasteiger partial charge in [0.1, 0.15) is 11.9 Å². The molecule has 1 spiro atoms. The zero-order chi connectivity index (χ0) is 17.4. The van der Waals surface area contributed by atoms with Gasteiger partial charge in [-0.15, -0.1) is 0 Å². The van der Waals surface area contributed by atoms with Gasteiger partial charge in [-0.25, -0.2) is 0 Å². The predicted octanol–water partition coefficient (Wildman–Crippen LogP) is 2.27. The Kier molecular flexibility index (Phi) is 4.31. The van der Waals surface area contributed by atoms with Crippen molar-refractivity contribution < 1.29 is 18.7 Å². The van der Waals surface area contributed by atoms with E-state index in [2.05, 4.69) is 5.32 Å². The quantitative estimate of drug-likeness (QED) is 0.908. The zero-order valence-electron chi connectivity index (χ0n) is 14.8. The van der Waals surface area contributed by atoms with E-state index in [1.165, 1.54) is 12.8 Å². The number of aryl methyl sites for hydroxylation is 1. The van der Waals surface area contributed by atoms with Crippen LogP contribution in [0, 0.1) is 12.8 Å². The van der Waals surface area contributed by atoms with Crippen LogP contribution in [-0.2, 0) is 9.53 Å². The van der Waals surface area contributed by atoms with Crippen LogP contribution in [0.4, 0.5) is 0 Å². The fourth-order valence-electron chi connectivity index (χ4n) is 3.94. The topological polar surface area (TPSA) is 71.8 Å². The maximum absolute atomic E-state index is 12.6. The minimum atomic E-state index is -0.322. The molecule has 25 heavy (non-hydrogen) atoms. The van der Waals surface area contributed by atoms with E-state index in [1.54, 1.807) is 12.3 Å². The van der Waals surface area contributed by atoms with Gasteiger partial charge in [0.15, 0.2) is 0 Å². The van der Waals surface area contributed by atoms with Crippen LogP contribution < -0.4 is 5.32 Å². The second-order valence-electron chi connectivity index (χ2n) is 7.70. The highest BCUT2D eigenvalue weighted by atomic mass is 16.5. The minimum absolute atomic E-state index is 0.0258. The van der Waals surface area contributed by atoms with Gasteiger partial charge in [0.05, 0.1) is 17.4 Å². The van der Waals surface area contributed by atoms with Gasteiger partial charge in [0.2, 0.25) is 5.91 Å². The summed E-state index contributed by atoms with van der Waals surface area (Å²) >= 11 is 0. The number of nitrogens with one attached hydrogen (secondary N) is 1. The van der Waals surface area contributed by atoms with Crippen molar-refractivity contribution in [2.75, 3.05) is 19.6 Å². The van der Waals surface area contributed by atoms with Gasteiger partial charge in [-0.3, -0.25) is 9.59 Å². The Morgan fingerprint density at radius 3 is 2.64 bits per heavy atom. The molecule has 1 N–H and O–H groups in total. The van der Waals surface area contributed by atoms with E-state index >= 15 is 0 Å². The molecule has 2 aliphatic heterocycles. The molecule has 3 aliphatic rings. The summed E-state index contributed by atoms with van der Waals surface area (Å²) in [6.07, 6.45) is 6.97. The van der Waals surface area contributed by atoms with Crippen LogP contribution >= 0.6 is 0 Å². The molecule has 0 bridgehead atoms. The van der Waals surface area contributed by atoms with Crippen LogP contribution in [0.1, 0.15) is 54.6 Å². The SMILES string of the molecule is Cc1occc1C(=O)N1CCC2(CC[C@H](C(=O)NCC3CC3)O2)CC1. The van der Waals surface area contributed by atoms with Crippen molar-refractivity contribution in [2.45, 2.75) is 57.2 Å². The van der Waals surface area contributed by atoms with E-state index in [4.69, 9.17) is 9.15 Å². The number of carbonyl (C=O) groups is 2. The molecule has 6 heteroatoms. The molecule has 0 radical (unpaired) electrons. The van der Waals surface area contributed by atoms with Crippen LogP contribution in [0.25, 0.3) is 0 Å². The Morgan fingerprint density at radius 1 is 1.24 bits per heavy atom. The molecular formula is C19H26N2O4. The van der Waals surface area contributed by atoms with Crippen molar-refractivity contribution in [3.8, 4) is 0 Å². The van der Waals surface area contributed by atoms with E-state index < -0.39 is 0 Å². The molecule has 1 aromatic rings. The van der Waals surface area contributed by atoms with Crippen molar-refractivity contribution in [1.29, 1.82) is 0 Å². The van der Waals surface area contributed by atoms with E-state index in [0.717, 1.165) is 32.2 Å². The molecule has 2 amide bonds. The van der Waals surface area contributed by atoms with Crippen molar-refractivity contribution in [3.63, 3.8) is 0 Å². The maximum atomic E-state index is 12.6. The first-order valence-electron chi connectivity index (χ1n) is 9.35. The first kappa shape index (κ1) is 16.6. The Bertz CT molecular complexity index is 656. The van der Waals surface area contributed by atoms with Crippen LogP contribution in [0.5, 0.6) is 0 Å². The molecule has 1 aliphatic carbocycles. The number of hydrogen-bond acceptors (Lipinski definition) is 4. The summed E-state index contributed by atoms with van der Waals surface area (Å²) in [7, 11) is 0. The summed E-state index contributed by atoms with van der Waals surface area (Å²) in [4.78, 5) is 26.7. The molecule has 3 heterocycles. The molecule has 0 aromatic carbocycles. The number of hydrogen-bond donors (Lipinski definition) is 1. The number of rotatable bonds is 4. The summed E-state index contributed by atoms with van der Waals surface area (Å²) in [5.41, 5.74) is 0.407. The van der Waals surface area contributed by atoms with Gasteiger partial charge >= 0.3 is 0 Å². The Labute approximate surface area is 147 Å². The average Bonchev–Trinajstić information content (AvgIpc) is 3.22. The lowest BCUT2D eigenvalue weighted by molar-refractivity contribution is -0.140. The second-order valence-corrected chi connectivity index (χ2v) is 7.70. The summed E-state index contributed by atoms with van der Waals surface area (Å²) in [6.45, 7) is 3.93. The lowest BCUT2D eigenvalue weighted by Crippen LogP contribution is -2.47. The molecular weight excluding hydrogens is 320 g/mol. The third-order valence-electron chi connectivity index (χ3n) is 5.86. The summed E-state index contributed by atoms with van der Waals surface area (Å²) < 4.78 is 11.4. The van der Waals surface area contributed by atoms with Crippen molar-refractivity contribution in [1.82, 2.24) is 10.2 Å². The number of carbonyl (C=O) groups excluding carboxylic acids is 2. The summed E-state index contributed by atoms with van der Waals surface area (Å²) in [5, 5.41) is 3.02. The van der Waals surface area contributed by atoms with Crippen LogP contribution in [-0.4, -0.2) is 48.1 Å². The Morgan fingerprint density at radius 2 is 2.00 bits per heavy atom. The molecule has 1 atom stereocenters. The third-order valence-corrected chi connectivity index (χ3v) is 5.86. The minimum Gasteiger partial charge on any atom is -0.469 e. The van der Waals surface area contributed by atoms with Crippen molar-refractivity contribution >= 4 is 11.8 Å². The summed E-state index contributed by atoms with van der Waals surface area (Å²) in [6, 6.07) is 1.73. The van der Waals surface area contributed by atoms with E-state index in [0.29, 0.717) is 30.3 Å². The molecule has 136 valence electrons. The van der Waals surface area contributed by atoms with Gasteiger partial charge in [0, 0.05) is 19.6 Å². The van der Waals surface area contributed by atoms with Gasteiger partial charge in [-0.1, -0.05) is 0 Å². The average molecular weight is 346 g/mol. The molecule has 2 saturated heterocycles. The standard InChI is InChI=1S/C19H26N2O4/c1-13-15(5-11-24-13)18(23)21-9-7-19(8-10-21)6-4-16(25-19)17(22)20-12-14-2-3-14/h5,11,14,16H,2-4,6-10,12H2,1H3,(H,20,22)/t16-/m1/s1. The molecule has 3 fully saturated rings. The number of piperidine rings is 1. The van der Waals surface area contributed by atoms with Crippen molar-refractivity contribution in [3.05, 3.63) is 23.7 Å². The van der Waals surface area contributed by atoms with Gasteiger partial charge in [-0.05, 0) is 57.4 Å². The normalized spacial score (nSPS) is 25.3. The molecule has 1 aromatic heterocycles. The fraction of sp³-hybridized carbons (Fsp3) is 0.684. The number of ether oxygens (including phenoxy) is 1. The van der Waals surface area contributed by atoms with Crippen molar-refractivity contribution in [2.24, 2.45) is 5.92 Å². The summed E-state index contributed by atoms with van der Waals surface area (Å²) in [5.74, 6) is 1.41. The number of likely N-dealkylation sites (tertiary alicyclic amines) is 1. The lowest BCUT2D eigenvalue weighted by Gasteiger charge is -2.39. The highest BCUT2D eigenvalue weighted by Gasteiger charge is 2.45. The van der Waals surface area contributed by atoms with Crippen LogP contribution in [0.15, 0.2) is 16.7 Å². The third kappa shape index (κ3) is 3.45. The molecule has 4 rings (SSSR count). The smallest absolute Gasteiger partial charge is 0.257 e. The van der Waals surface area contributed by atoms with Gasteiger partial charge < -0.3 is 19.4 Å². The van der Waals surface area contributed by atoms with Gasteiger partial charge in [-0.2, -0.15) is 0 Å². The molecule has 0 unspecified atom stereocenters. The highest BCUT2D eigenvalue weighted by Crippen LogP contribution is 2.39. The zero-order valence-corrected chi connectivity index (χ0v) is 14.8. The Balaban J connectivity index is 1.30. The van der Waals surface area contributed by atoms with Crippen LogP contribution in [0.2, 0.25) is 0 Å². The largest absolute Gasteiger partial charge is 0.469 e. The molecule has 1 saturated carbocycles. The maximum Gasteiger partial charge on any atom is 0.257 e. The number of amides is 2. The predicted molar refractivity (Wildman–Crippen MR) is 91.2 cm³/mol. The highest BCUT2D eigenvalue weighted by molar-refractivity contribution is 5.95. The second kappa shape index (κ2) is 6.48. The Hall–Kier alpha value is -1.82. The first-order chi connectivity index (χ1) is 12.1. The van der Waals surface area contributed by atoms with E-state index in [1.807, 2.05) is 11.8 Å². The monoisotopic (exact) mass is 346 g/mol. The van der Waals surface area contributed by atoms with Gasteiger partial charge in [0.25, 0.3) is 5.91 Å². The molecule has 6 nitrogen and oxygen atoms in total. The van der Waals surface area contributed by atoms with E-state index in [-0.39, 0.29) is 23.5 Å². The first-order valence-corrected chi connectivity index (χ1v) is 9.35. The van der Waals surface area contributed by atoms with Crippen LogP contribution in [0.3, 0.4) is 0 Å². The number of furan rings is 1.